The van der Waals surface area contributed by atoms with E-state index in [4.69, 9.17) is 10.9 Å². The summed E-state index contributed by atoms with van der Waals surface area (Å²) in [6, 6.07) is 2.11. The predicted molar refractivity (Wildman–Crippen MR) is 84.0 cm³/mol. The summed E-state index contributed by atoms with van der Waals surface area (Å²) >= 11 is 1.64. The van der Waals surface area contributed by atoms with Crippen molar-refractivity contribution in [1.29, 1.82) is 0 Å². The molecule has 6 nitrogen and oxygen atoms in total. The second-order valence-electron chi connectivity index (χ2n) is 5.31. The van der Waals surface area contributed by atoms with Crippen molar-refractivity contribution >= 4 is 33.3 Å². The smallest absolute Gasteiger partial charge is 0.240 e. The molecule has 0 fully saturated rings. The lowest BCUT2D eigenvalue weighted by Crippen LogP contribution is -2.32. The number of aromatic nitrogens is 2. The summed E-state index contributed by atoms with van der Waals surface area (Å²) in [7, 11) is 0. The van der Waals surface area contributed by atoms with Crippen LogP contribution in [0.25, 0.3) is 10.2 Å². The van der Waals surface area contributed by atoms with Crippen LogP contribution in [0.5, 0.6) is 0 Å². The molecular formula is C13H21N5OS. The number of rotatable bonds is 6. The number of nitrogens with zero attached hydrogens (tertiary/aromatic N) is 2. The minimum Gasteiger partial charge on any atom is -0.396 e. The van der Waals surface area contributed by atoms with Gasteiger partial charge >= 0.3 is 0 Å². The summed E-state index contributed by atoms with van der Waals surface area (Å²) in [4.78, 5) is 10.9. The van der Waals surface area contributed by atoms with Crippen LogP contribution in [-0.4, -0.2) is 27.2 Å². The Balaban J connectivity index is 2.46. The fraction of sp³-hybridized carbons (Fsp3) is 0.538. The maximum absolute atomic E-state index is 9.13. The Morgan fingerprint density at radius 1 is 1.40 bits per heavy atom. The van der Waals surface area contributed by atoms with Gasteiger partial charge in [0.2, 0.25) is 5.95 Å². The molecule has 0 aliphatic carbocycles. The van der Waals surface area contributed by atoms with E-state index in [1.165, 1.54) is 4.88 Å². The Hall–Kier alpha value is -1.44. The van der Waals surface area contributed by atoms with E-state index >= 15 is 0 Å². The van der Waals surface area contributed by atoms with Crippen molar-refractivity contribution in [2.75, 3.05) is 17.3 Å². The van der Waals surface area contributed by atoms with Gasteiger partial charge < -0.3 is 10.4 Å². The van der Waals surface area contributed by atoms with E-state index in [-0.39, 0.29) is 12.1 Å². The van der Waals surface area contributed by atoms with Gasteiger partial charge in [-0.1, -0.05) is 6.92 Å². The maximum Gasteiger partial charge on any atom is 0.240 e. The van der Waals surface area contributed by atoms with E-state index in [1.54, 1.807) is 11.3 Å². The van der Waals surface area contributed by atoms with Crippen molar-refractivity contribution in [3.05, 3.63) is 10.9 Å². The Bertz CT molecular complexity index is 596. The quantitative estimate of drug-likeness (QED) is 0.481. The van der Waals surface area contributed by atoms with Gasteiger partial charge in [0, 0.05) is 17.0 Å². The van der Waals surface area contributed by atoms with Crippen LogP contribution in [0, 0.1) is 0 Å². The molecule has 7 heteroatoms. The van der Waals surface area contributed by atoms with E-state index in [9.17, 15) is 0 Å². The minimum atomic E-state index is -0.254. The van der Waals surface area contributed by atoms with Crippen molar-refractivity contribution in [1.82, 2.24) is 9.97 Å². The first-order valence-electron chi connectivity index (χ1n) is 6.65. The largest absolute Gasteiger partial charge is 0.396 e. The predicted octanol–water partition coefficient (Wildman–Crippen LogP) is 2.11. The molecule has 2 aromatic rings. The first-order chi connectivity index (χ1) is 9.49. The fourth-order valence-corrected chi connectivity index (χ4v) is 2.94. The number of anilines is 2. The molecule has 0 spiro atoms. The summed E-state index contributed by atoms with van der Waals surface area (Å²) in [5.74, 6) is 6.57. The number of hydrogen-bond donors (Lipinski definition) is 4. The third-order valence-corrected chi connectivity index (χ3v) is 4.29. The second-order valence-corrected chi connectivity index (χ2v) is 6.42. The zero-order chi connectivity index (χ0) is 14.8. The van der Waals surface area contributed by atoms with Crippen LogP contribution in [0.1, 0.15) is 32.1 Å². The number of aliphatic hydroxyl groups excluding tert-OH is 1. The number of fused-ring (bicyclic) bond motifs is 1. The molecule has 0 aliphatic rings. The molecule has 0 atom stereocenters. The molecule has 0 saturated heterocycles. The lowest BCUT2D eigenvalue weighted by Gasteiger charge is -2.26. The highest BCUT2D eigenvalue weighted by atomic mass is 32.1. The van der Waals surface area contributed by atoms with Crippen molar-refractivity contribution in [3.63, 3.8) is 0 Å². The first-order valence-corrected chi connectivity index (χ1v) is 7.47. The molecule has 0 unspecified atom stereocenters. The van der Waals surface area contributed by atoms with Gasteiger partial charge in [-0.25, -0.2) is 10.8 Å². The normalized spacial score (nSPS) is 11.8. The van der Waals surface area contributed by atoms with E-state index in [1.807, 2.05) is 13.8 Å². The third kappa shape index (κ3) is 3.17. The lowest BCUT2D eigenvalue weighted by molar-refractivity contribution is 0.260. The highest BCUT2D eigenvalue weighted by Gasteiger charge is 2.20. The Kier molecular flexibility index (Phi) is 4.42. The Morgan fingerprint density at radius 2 is 2.15 bits per heavy atom. The molecule has 0 saturated carbocycles. The molecule has 0 bridgehead atoms. The Morgan fingerprint density at radius 3 is 2.75 bits per heavy atom. The van der Waals surface area contributed by atoms with Crippen LogP contribution in [0.3, 0.4) is 0 Å². The van der Waals surface area contributed by atoms with Gasteiger partial charge in [0.05, 0.1) is 5.39 Å². The topological polar surface area (TPSA) is 96.1 Å². The van der Waals surface area contributed by atoms with Crippen molar-refractivity contribution < 1.29 is 5.11 Å². The third-order valence-electron chi connectivity index (χ3n) is 3.11. The first kappa shape index (κ1) is 15.0. The number of aryl methyl sites for hydroxylation is 1. The number of nitrogens with one attached hydrogen (secondary N) is 2. The maximum atomic E-state index is 9.13. The summed E-state index contributed by atoms with van der Waals surface area (Å²) < 4.78 is 0. The molecule has 2 heterocycles. The van der Waals surface area contributed by atoms with Crippen molar-refractivity contribution in [3.8, 4) is 0 Å². The van der Waals surface area contributed by atoms with Crippen LogP contribution >= 0.6 is 11.3 Å². The average molecular weight is 295 g/mol. The molecule has 2 aromatic heterocycles. The summed E-state index contributed by atoms with van der Waals surface area (Å²) in [5, 5.41) is 13.5. The van der Waals surface area contributed by atoms with Crippen LogP contribution < -0.4 is 16.6 Å². The van der Waals surface area contributed by atoms with Crippen molar-refractivity contribution in [2.45, 2.75) is 39.2 Å². The molecule has 110 valence electrons. The van der Waals surface area contributed by atoms with Crippen molar-refractivity contribution in [2.24, 2.45) is 5.84 Å². The van der Waals surface area contributed by atoms with E-state index in [0.717, 1.165) is 22.5 Å². The molecule has 5 N–H and O–H groups in total. The summed E-state index contributed by atoms with van der Waals surface area (Å²) in [6.45, 7) is 6.29. The highest BCUT2D eigenvalue weighted by Crippen LogP contribution is 2.32. The SMILES string of the molecule is CCc1cc2c(NC(C)(C)CCO)nc(NN)nc2s1. The van der Waals surface area contributed by atoms with Gasteiger partial charge in [0.25, 0.3) is 0 Å². The van der Waals surface area contributed by atoms with Gasteiger partial charge in [-0.05, 0) is 32.8 Å². The van der Waals surface area contributed by atoms with E-state index in [0.29, 0.717) is 12.4 Å². The average Bonchev–Trinajstić information content (AvgIpc) is 2.81. The Labute approximate surface area is 122 Å². The van der Waals surface area contributed by atoms with Gasteiger partial charge in [-0.3, -0.25) is 5.43 Å². The van der Waals surface area contributed by atoms with Crippen LogP contribution in [0.15, 0.2) is 6.07 Å². The number of thiophene rings is 1. The minimum absolute atomic E-state index is 0.125. The zero-order valence-electron chi connectivity index (χ0n) is 12.0. The zero-order valence-corrected chi connectivity index (χ0v) is 12.8. The molecule has 2 rings (SSSR count). The number of hydrogen-bond acceptors (Lipinski definition) is 7. The molecule has 0 aromatic carbocycles. The van der Waals surface area contributed by atoms with E-state index < -0.39 is 0 Å². The molecule has 0 radical (unpaired) electrons. The number of aliphatic hydroxyl groups is 1. The van der Waals surface area contributed by atoms with Gasteiger partial charge in [0.1, 0.15) is 10.6 Å². The van der Waals surface area contributed by atoms with Crippen LogP contribution in [-0.2, 0) is 6.42 Å². The second kappa shape index (κ2) is 5.90. The number of nitrogen functional groups attached to an aromatic ring is 1. The molecule has 20 heavy (non-hydrogen) atoms. The van der Waals surface area contributed by atoms with Crippen LogP contribution in [0.4, 0.5) is 11.8 Å². The summed E-state index contributed by atoms with van der Waals surface area (Å²) in [5.41, 5.74) is 2.25. The lowest BCUT2D eigenvalue weighted by atomic mass is 10.0. The monoisotopic (exact) mass is 295 g/mol. The molecular weight excluding hydrogens is 274 g/mol. The number of nitrogens with two attached hydrogens (primary N) is 1. The number of hydrazine groups is 1. The standard InChI is InChI=1S/C13H21N5OS/c1-4-8-7-9-10(17-13(2,3)5-6-19)15-12(18-14)16-11(9)20-8/h7,19H,4-6,14H2,1-3H3,(H2,15,16,17,18). The van der Waals surface area contributed by atoms with E-state index in [2.05, 4.69) is 33.7 Å². The molecule has 0 amide bonds. The molecule has 0 aliphatic heterocycles. The fourth-order valence-electron chi connectivity index (χ4n) is 1.97. The van der Waals surface area contributed by atoms with Crippen LogP contribution in [0.2, 0.25) is 0 Å². The van der Waals surface area contributed by atoms with Gasteiger partial charge in [0.15, 0.2) is 0 Å². The summed E-state index contributed by atoms with van der Waals surface area (Å²) in [6.07, 6.45) is 1.60. The van der Waals surface area contributed by atoms with Gasteiger partial charge in [-0.2, -0.15) is 4.98 Å². The van der Waals surface area contributed by atoms with Gasteiger partial charge in [-0.15, -0.1) is 11.3 Å². The highest BCUT2D eigenvalue weighted by molar-refractivity contribution is 7.18.